The Labute approximate surface area is 129 Å². The van der Waals surface area contributed by atoms with Gasteiger partial charge in [0.2, 0.25) is 4.96 Å². The largest absolute Gasteiger partial charge is 0.427 e. The predicted octanol–water partition coefficient (Wildman–Crippen LogP) is 2.25. The summed E-state index contributed by atoms with van der Waals surface area (Å²) >= 11 is 1.30. The molecule has 0 saturated carbocycles. The van der Waals surface area contributed by atoms with E-state index in [1.165, 1.54) is 28.8 Å². The average molecular weight is 313 g/mol. The van der Waals surface area contributed by atoms with Crippen LogP contribution in [-0.4, -0.2) is 20.6 Å². The van der Waals surface area contributed by atoms with Crippen LogP contribution >= 0.6 is 11.3 Å². The zero-order valence-electron chi connectivity index (χ0n) is 11.6. The van der Waals surface area contributed by atoms with Gasteiger partial charge in [-0.15, -0.1) is 0 Å². The van der Waals surface area contributed by atoms with Gasteiger partial charge in [0, 0.05) is 13.0 Å². The molecule has 0 unspecified atom stereocenters. The van der Waals surface area contributed by atoms with Gasteiger partial charge >= 0.3 is 5.97 Å². The van der Waals surface area contributed by atoms with Gasteiger partial charge < -0.3 is 4.74 Å². The van der Waals surface area contributed by atoms with E-state index in [1.54, 1.807) is 23.7 Å². The highest BCUT2D eigenvalue weighted by Gasteiger charge is 2.02. The molecule has 0 aliphatic heterocycles. The summed E-state index contributed by atoms with van der Waals surface area (Å²) < 4.78 is 6.22. The zero-order valence-corrected chi connectivity index (χ0v) is 12.4. The van der Waals surface area contributed by atoms with Crippen molar-refractivity contribution in [3.63, 3.8) is 0 Å². The van der Waals surface area contributed by atoms with Gasteiger partial charge in [-0.1, -0.05) is 29.5 Å². The molecule has 0 atom stereocenters. The van der Waals surface area contributed by atoms with Crippen LogP contribution in [0.25, 0.3) is 17.1 Å². The summed E-state index contributed by atoms with van der Waals surface area (Å²) in [7, 11) is 0. The number of hydrogen-bond acceptors (Lipinski definition) is 6. The molecule has 6 nitrogen and oxygen atoms in total. The van der Waals surface area contributed by atoms with Gasteiger partial charge in [-0.05, 0) is 23.8 Å². The van der Waals surface area contributed by atoms with Gasteiger partial charge in [0.05, 0.1) is 5.69 Å². The highest BCUT2D eigenvalue weighted by Crippen LogP contribution is 2.14. The fourth-order valence-corrected chi connectivity index (χ4v) is 2.48. The van der Waals surface area contributed by atoms with Gasteiger partial charge in [-0.25, -0.2) is 4.98 Å². The number of hydrogen-bond donors (Lipinski definition) is 0. The number of fused-ring (bicyclic) bond motifs is 1. The zero-order chi connectivity index (χ0) is 15.5. The number of benzene rings is 1. The third-order valence-corrected chi connectivity index (χ3v) is 3.47. The van der Waals surface area contributed by atoms with Crippen molar-refractivity contribution in [2.75, 3.05) is 0 Å². The Hall–Kier alpha value is -2.80. The Kier molecular flexibility index (Phi) is 3.80. The highest BCUT2D eigenvalue weighted by atomic mass is 32.1. The van der Waals surface area contributed by atoms with Crippen molar-refractivity contribution in [2.24, 2.45) is 0 Å². The third-order valence-electron chi connectivity index (χ3n) is 2.79. The molecule has 0 aliphatic rings. The third kappa shape index (κ3) is 3.09. The molecule has 0 amide bonds. The van der Waals surface area contributed by atoms with E-state index >= 15 is 0 Å². The van der Waals surface area contributed by atoms with Crippen LogP contribution in [0.1, 0.15) is 18.2 Å². The normalized spacial score (nSPS) is 11.1. The molecule has 7 heteroatoms. The van der Waals surface area contributed by atoms with E-state index in [0.717, 1.165) is 5.56 Å². The topological polar surface area (TPSA) is 73.6 Å². The molecule has 0 fully saturated rings. The molecule has 22 heavy (non-hydrogen) atoms. The van der Waals surface area contributed by atoms with E-state index in [2.05, 4.69) is 10.1 Å². The number of aromatic nitrogens is 3. The molecular formula is C15H11N3O3S. The Bertz CT molecular complexity index is 910. The second kappa shape index (κ2) is 5.90. The molecule has 0 spiro atoms. The second-order valence-electron chi connectivity index (χ2n) is 4.45. The quantitative estimate of drug-likeness (QED) is 0.548. The molecular weight excluding hydrogens is 302 g/mol. The lowest BCUT2D eigenvalue weighted by Gasteiger charge is -2.00. The molecule has 3 aromatic rings. The smallest absolute Gasteiger partial charge is 0.308 e. The summed E-state index contributed by atoms with van der Waals surface area (Å²) in [5.41, 5.74) is 2.84. The average Bonchev–Trinajstić information content (AvgIpc) is 2.95. The molecule has 0 bridgehead atoms. The van der Waals surface area contributed by atoms with Crippen molar-refractivity contribution in [3.05, 3.63) is 57.5 Å². The summed E-state index contributed by atoms with van der Waals surface area (Å²) in [5, 5.41) is 3.91. The molecule has 0 aliphatic carbocycles. The van der Waals surface area contributed by atoms with Crippen LogP contribution in [0.4, 0.5) is 0 Å². The van der Waals surface area contributed by atoms with E-state index in [4.69, 9.17) is 4.74 Å². The van der Waals surface area contributed by atoms with Crippen LogP contribution in [0.3, 0.4) is 0 Å². The monoisotopic (exact) mass is 313 g/mol. The minimum absolute atomic E-state index is 0.212. The van der Waals surface area contributed by atoms with E-state index in [1.807, 2.05) is 18.2 Å². The van der Waals surface area contributed by atoms with Crippen molar-refractivity contribution in [3.8, 4) is 5.75 Å². The lowest BCUT2D eigenvalue weighted by atomic mass is 10.2. The summed E-state index contributed by atoms with van der Waals surface area (Å²) in [4.78, 5) is 27.5. The van der Waals surface area contributed by atoms with Crippen molar-refractivity contribution in [2.45, 2.75) is 6.92 Å². The molecule has 110 valence electrons. The molecule has 2 aromatic heterocycles. The van der Waals surface area contributed by atoms with E-state index < -0.39 is 0 Å². The Morgan fingerprint density at radius 2 is 2.05 bits per heavy atom. The lowest BCUT2D eigenvalue weighted by molar-refractivity contribution is -0.131. The Balaban J connectivity index is 1.83. The Morgan fingerprint density at radius 1 is 1.27 bits per heavy atom. The van der Waals surface area contributed by atoms with Crippen molar-refractivity contribution in [1.82, 2.24) is 14.6 Å². The Morgan fingerprint density at radius 3 is 2.77 bits per heavy atom. The predicted molar refractivity (Wildman–Crippen MR) is 83.8 cm³/mol. The van der Waals surface area contributed by atoms with Crippen LogP contribution in [0.5, 0.6) is 5.75 Å². The first-order valence-corrected chi connectivity index (χ1v) is 7.30. The van der Waals surface area contributed by atoms with Gasteiger partial charge in [0.15, 0.2) is 0 Å². The second-order valence-corrected chi connectivity index (χ2v) is 5.26. The van der Waals surface area contributed by atoms with Crippen LogP contribution in [0.2, 0.25) is 0 Å². The summed E-state index contributed by atoms with van der Waals surface area (Å²) in [6.45, 7) is 1.35. The number of carbonyl (C=O) groups is 1. The number of rotatable bonds is 3. The molecule has 1 aromatic carbocycles. The van der Waals surface area contributed by atoms with E-state index in [0.29, 0.717) is 16.4 Å². The summed E-state index contributed by atoms with van der Waals surface area (Å²) in [5.74, 6) is 0.137. The fourth-order valence-electron chi connectivity index (χ4n) is 1.85. The molecule has 0 N–H and O–H groups in total. The summed E-state index contributed by atoms with van der Waals surface area (Å²) in [6, 6.07) is 8.46. The van der Waals surface area contributed by atoms with Gasteiger partial charge in [0.1, 0.15) is 11.3 Å². The number of ether oxygens (including phenoxy) is 1. The van der Waals surface area contributed by atoms with Crippen molar-refractivity contribution in [1.29, 1.82) is 0 Å². The minimum atomic E-state index is -0.356. The first-order chi connectivity index (χ1) is 10.6. The van der Waals surface area contributed by atoms with Gasteiger partial charge in [-0.2, -0.15) is 9.61 Å². The maximum absolute atomic E-state index is 11.8. The van der Waals surface area contributed by atoms with Crippen LogP contribution in [0, 0.1) is 0 Å². The first-order valence-electron chi connectivity index (χ1n) is 6.42. The maximum atomic E-state index is 11.8. The number of esters is 1. The van der Waals surface area contributed by atoms with Crippen molar-refractivity contribution >= 4 is 34.4 Å². The van der Waals surface area contributed by atoms with Crippen LogP contribution in [0.15, 0.2) is 40.6 Å². The molecule has 2 heterocycles. The highest BCUT2D eigenvalue weighted by molar-refractivity contribution is 7.14. The first kappa shape index (κ1) is 14.2. The number of carbonyl (C=O) groups excluding carboxylic acids is 1. The van der Waals surface area contributed by atoms with Crippen molar-refractivity contribution < 1.29 is 9.53 Å². The van der Waals surface area contributed by atoms with Crippen LogP contribution in [-0.2, 0) is 4.79 Å². The fraction of sp³-hybridized carbons (Fsp3) is 0.0667. The molecule has 3 rings (SSSR count). The minimum Gasteiger partial charge on any atom is -0.427 e. The van der Waals surface area contributed by atoms with E-state index in [-0.39, 0.29) is 11.5 Å². The van der Waals surface area contributed by atoms with Crippen LogP contribution < -0.4 is 10.3 Å². The standard InChI is InChI=1S/C15H11N3O3S/c1-10(19)21-13-6-3-11(4-7-13)2-5-12-8-14(20)18-15(17-12)22-9-16-18/h2-9H,1H3/b5-2+. The number of nitrogens with zero attached hydrogens (tertiary/aromatic N) is 3. The molecule has 0 radical (unpaired) electrons. The SMILES string of the molecule is CC(=O)Oc1ccc(/C=C/c2cc(=O)n3ncsc3n2)cc1. The summed E-state index contributed by atoms with van der Waals surface area (Å²) in [6.07, 6.45) is 3.58. The lowest BCUT2D eigenvalue weighted by Crippen LogP contribution is -2.13. The molecule has 0 saturated heterocycles. The van der Waals surface area contributed by atoms with Gasteiger partial charge in [0.25, 0.3) is 5.56 Å². The van der Waals surface area contributed by atoms with E-state index in [9.17, 15) is 9.59 Å². The maximum Gasteiger partial charge on any atom is 0.308 e. The van der Waals surface area contributed by atoms with Gasteiger partial charge in [-0.3, -0.25) is 9.59 Å².